The smallest absolute Gasteiger partial charge is 0.269 e. The lowest BCUT2D eigenvalue weighted by Crippen LogP contribution is -2.14. The molecule has 0 fully saturated rings. The third-order valence-corrected chi connectivity index (χ3v) is 5.17. The summed E-state index contributed by atoms with van der Waals surface area (Å²) in [6.07, 6.45) is 0. The molecule has 3 rings (SSSR count). The van der Waals surface area contributed by atoms with Crippen LogP contribution in [0, 0.1) is 17.0 Å². The molecule has 0 aromatic heterocycles. The van der Waals surface area contributed by atoms with Gasteiger partial charge in [0.15, 0.2) is 0 Å². The number of carbonyl (C=O) groups is 2. The van der Waals surface area contributed by atoms with Gasteiger partial charge in [0.05, 0.1) is 10.7 Å². The van der Waals surface area contributed by atoms with E-state index in [4.69, 9.17) is 0 Å². The first kappa shape index (κ1) is 21.1. The van der Waals surface area contributed by atoms with Gasteiger partial charge in [-0.1, -0.05) is 17.7 Å². The molecule has 0 atom stereocenters. The average molecular weight is 421 g/mol. The van der Waals surface area contributed by atoms with Crippen LogP contribution in [0.3, 0.4) is 0 Å². The van der Waals surface area contributed by atoms with Crippen LogP contribution in [0.5, 0.6) is 0 Å². The van der Waals surface area contributed by atoms with Gasteiger partial charge in [-0.15, -0.1) is 11.8 Å². The van der Waals surface area contributed by atoms with E-state index in [1.165, 1.54) is 36.0 Å². The maximum absolute atomic E-state index is 12.3. The zero-order valence-corrected chi connectivity index (χ0v) is 16.9. The van der Waals surface area contributed by atoms with Crippen molar-refractivity contribution >= 4 is 40.6 Å². The van der Waals surface area contributed by atoms with Crippen molar-refractivity contribution in [3.05, 3.63) is 94.0 Å². The molecule has 0 aliphatic heterocycles. The maximum Gasteiger partial charge on any atom is 0.269 e. The van der Waals surface area contributed by atoms with Crippen molar-refractivity contribution in [1.29, 1.82) is 0 Å². The van der Waals surface area contributed by atoms with Gasteiger partial charge >= 0.3 is 0 Å². The lowest BCUT2D eigenvalue weighted by molar-refractivity contribution is -0.384. The maximum atomic E-state index is 12.3. The lowest BCUT2D eigenvalue weighted by atomic mass is 10.2. The summed E-state index contributed by atoms with van der Waals surface area (Å²) in [6.45, 7) is 1.99. The number of thioether (sulfide) groups is 1. The second-order valence-corrected chi connectivity index (χ2v) is 7.53. The van der Waals surface area contributed by atoms with E-state index in [0.717, 1.165) is 16.1 Å². The van der Waals surface area contributed by atoms with Crippen LogP contribution >= 0.6 is 11.8 Å². The van der Waals surface area contributed by atoms with Crippen LogP contribution in [0.2, 0.25) is 0 Å². The van der Waals surface area contributed by atoms with Gasteiger partial charge in [0.2, 0.25) is 5.91 Å². The quantitative estimate of drug-likeness (QED) is 0.321. The van der Waals surface area contributed by atoms with Gasteiger partial charge in [-0.2, -0.15) is 0 Å². The van der Waals surface area contributed by atoms with Crippen molar-refractivity contribution in [2.24, 2.45) is 0 Å². The monoisotopic (exact) mass is 421 g/mol. The zero-order chi connectivity index (χ0) is 21.5. The number of nitro groups is 1. The number of amides is 2. The minimum atomic E-state index is -0.515. The molecule has 8 heteroatoms. The fraction of sp³-hybridized carbons (Fsp3) is 0.0909. The second-order valence-electron chi connectivity index (χ2n) is 6.49. The van der Waals surface area contributed by atoms with Gasteiger partial charge in [0.25, 0.3) is 11.6 Å². The first-order valence-corrected chi connectivity index (χ1v) is 10.0. The third kappa shape index (κ3) is 5.92. The Morgan fingerprint density at radius 2 is 1.43 bits per heavy atom. The highest BCUT2D eigenvalue weighted by molar-refractivity contribution is 8.00. The molecular weight excluding hydrogens is 402 g/mol. The first-order valence-electron chi connectivity index (χ1n) is 9.06. The molecule has 152 valence electrons. The molecule has 0 saturated carbocycles. The summed E-state index contributed by atoms with van der Waals surface area (Å²) in [7, 11) is 0. The third-order valence-electron chi connectivity index (χ3n) is 4.16. The molecule has 0 radical (unpaired) electrons. The van der Waals surface area contributed by atoms with Crippen molar-refractivity contribution in [1.82, 2.24) is 0 Å². The summed E-state index contributed by atoms with van der Waals surface area (Å²) < 4.78 is 0. The molecule has 0 heterocycles. The number of nitrogens with one attached hydrogen (secondary N) is 2. The normalized spacial score (nSPS) is 10.3. The molecule has 0 aliphatic carbocycles. The number of aryl methyl sites for hydroxylation is 1. The summed E-state index contributed by atoms with van der Waals surface area (Å²) in [5, 5.41) is 16.3. The Labute approximate surface area is 177 Å². The Morgan fingerprint density at radius 1 is 0.867 bits per heavy atom. The highest BCUT2D eigenvalue weighted by atomic mass is 32.2. The van der Waals surface area contributed by atoms with Crippen molar-refractivity contribution in [2.45, 2.75) is 11.8 Å². The standard InChI is InChI=1S/C22H19N3O4S/c1-15-2-6-17(7-3-15)23-21(26)14-30-20-12-8-18(9-13-20)24-22(27)16-4-10-19(11-5-16)25(28)29/h2-13H,14H2,1H3,(H,23,26)(H,24,27). The van der Waals surface area contributed by atoms with Gasteiger partial charge in [0.1, 0.15) is 0 Å². The number of rotatable bonds is 7. The molecule has 0 unspecified atom stereocenters. The van der Waals surface area contributed by atoms with Crippen LogP contribution in [-0.4, -0.2) is 22.5 Å². The van der Waals surface area contributed by atoms with Crippen LogP contribution in [0.25, 0.3) is 0 Å². The van der Waals surface area contributed by atoms with Gasteiger partial charge in [-0.05, 0) is 55.5 Å². The molecule has 0 aliphatic rings. The summed E-state index contributed by atoms with van der Waals surface area (Å²) in [5.74, 6) is -0.190. The van der Waals surface area contributed by atoms with Crippen LogP contribution in [0.15, 0.2) is 77.7 Å². The van der Waals surface area contributed by atoms with Crippen molar-refractivity contribution in [3.63, 3.8) is 0 Å². The van der Waals surface area contributed by atoms with E-state index in [2.05, 4.69) is 10.6 Å². The average Bonchev–Trinajstić information content (AvgIpc) is 2.75. The number of carbonyl (C=O) groups excluding carboxylic acids is 2. The number of anilines is 2. The molecule has 0 bridgehead atoms. The zero-order valence-electron chi connectivity index (χ0n) is 16.1. The number of benzene rings is 3. The Kier molecular flexibility index (Phi) is 6.82. The van der Waals surface area contributed by atoms with Crippen molar-refractivity contribution in [3.8, 4) is 0 Å². The van der Waals surface area contributed by atoms with E-state index in [1.54, 1.807) is 12.1 Å². The predicted octanol–water partition coefficient (Wildman–Crippen LogP) is 4.89. The molecule has 7 nitrogen and oxygen atoms in total. The molecule has 0 saturated heterocycles. The largest absolute Gasteiger partial charge is 0.325 e. The molecule has 0 spiro atoms. The van der Waals surface area contributed by atoms with Crippen LogP contribution < -0.4 is 10.6 Å². The summed E-state index contributed by atoms with van der Waals surface area (Å²) in [4.78, 5) is 35.4. The number of hydrogen-bond donors (Lipinski definition) is 2. The van der Waals surface area contributed by atoms with Crippen LogP contribution in [0.4, 0.5) is 17.1 Å². The molecule has 30 heavy (non-hydrogen) atoms. The van der Waals surface area contributed by atoms with Crippen LogP contribution in [-0.2, 0) is 4.79 Å². The first-order chi connectivity index (χ1) is 14.4. The molecule has 3 aromatic rings. The molecule has 2 N–H and O–H groups in total. The Bertz CT molecular complexity index is 1050. The Hall–Kier alpha value is -3.65. The van der Waals surface area contributed by atoms with E-state index in [9.17, 15) is 19.7 Å². The highest BCUT2D eigenvalue weighted by Gasteiger charge is 2.10. The summed E-state index contributed by atoms with van der Waals surface area (Å²) in [6, 6.07) is 20.1. The number of hydrogen-bond acceptors (Lipinski definition) is 5. The number of nitro benzene ring substituents is 1. The topological polar surface area (TPSA) is 101 Å². The van der Waals surface area contributed by atoms with Gasteiger partial charge in [0, 0.05) is 34.0 Å². The van der Waals surface area contributed by atoms with Crippen LogP contribution in [0.1, 0.15) is 15.9 Å². The van der Waals surface area contributed by atoms with Gasteiger partial charge in [-0.3, -0.25) is 19.7 Å². The number of non-ortho nitro benzene ring substituents is 1. The Morgan fingerprint density at radius 3 is 2.03 bits per heavy atom. The van der Waals surface area contributed by atoms with Crippen molar-refractivity contribution in [2.75, 3.05) is 16.4 Å². The fourth-order valence-corrected chi connectivity index (χ4v) is 3.25. The molecule has 3 aromatic carbocycles. The van der Waals surface area contributed by atoms with Gasteiger partial charge in [-0.25, -0.2) is 0 Å². The van der Waals surface area contributed by atoms with Gasteiger partial charge < -0.3 is 10.6 Å². The summed E-state index contributed by atoms with van der Waals surface area (Å²) in [5.41, 5.74) is 2.73. The van der Waals surface area contributed by atoms with Crippen molar-refractivity contribution < 1.29 is 14.5 Å². The van der Waals surface area contributed by atoms with E-state index in [-0.39, 0.29) is 23.3 Å². The number of nitrogens with zero attached hydrogens (tertiary/aromatic N) is 1. The van der Waals surface area contributed by atoms with E-state index in [0.29, 0.717) is 11.3 Å². The predicted molar refractivity (Wildman–Crippen MR) is 118 cm³/mol. The van der Waals surface area contributed by atoms with E-state index in [1.807, 2.05) is 43.3 Å². The minimum Gasteiger partial charge on any atom is -0.325 e. The SMILES string of the molecule is Cc1ccc(NC(=O)CSc2ccc(NC(=O)c3ccc([N+](=O)[O-])cc3)cc2)cc1. The fourth-order valence-electron chi connectivity index (χ4n) is 2.56. The highest BCUT2D eigenvalue weighted by Crippen LogP contribution is 2.21. The lowest BCUT2D eigenvalue weighted by Gasteiger charge is -2.08. The molecule has 2 amide bonds. The second kappa shape index (κ2) is 9.71. The summed E-state index contributed by atoms with van der Waals surface area (Å²) >= 11 is 1.39. The van der Waals surface area contributed by atoms with E-state index < -0.39 is 4.92 Å². The minimum absolute atomic E-state index is 0.0701. The Balaban J connectivity index is 1.50. The van der Waals surface area contributed by atoms with E-state index >= 15 is 0 Å². The molecular formula is C22H19N3O4S.